The molecule has 0 radical (unpaired) electrons. The Morgan fingerprint density at radius 3 is 2.70 bits per heavy atom. The molecule has 0 unspecified atom stereocenters. The van der Waals surface area contributed by atoms with Gasteiger partial charge in [-0.1, -0.05) is 25.6 Å². The Morgan fingerprint density at radius 1 is 1.27 bits per heavy atom. The van der Waals surface area contributed by atoms with Gasteiger partial charge in [0.05, 0.1) is 16.1 Å². The van der Waals surface area contributed by atoms with Crippen LogP contribution in [0.15, 0.2) is 34.2 Å². The van der Waals surface area contributed by atoms with Crippen molar-refractivity contribution in [2.75, 3.05) is 11.1 Å². The average molecular weight is 487 g/mol. The second kappa shape index (κ2) is 10.0. The minimum Gasteiger partial charge on any atom is -0.325 e. The smallest absolute Gasteiger partial charge is 0.269 e. The van der Waals surface area contributed by atoms with Crippen LogP contribution in [0.25, 0.3) is 10.2 Å². The van der Waals surface area contributed by atoms with Crippen LogP contribution in [0.2, 0.25) is 0 Å². The Kier molecular flexibility index (Phi) is 7.14. The van der Waals surface area contributed by atoms with Gasteiger partial charge in [-0.25, -0.2) is 4.98 Å². The van der Waals surface area contributed by atoms with E-state index in [1.165, 1.54) is 46.5 Å². The first-order valence-electron chi connectivity index (χ1n) is 11.1. The van der Waals surface area contributed by atoms with Gasteiger partial charge in [-0.2, -0.15) is 0 Å². The summed E-state index contributed by atoms with van der Waals surface area (Å²) in [6, 6.07) is 5.69. The van der Waals surface area contributed by atoms with E-state index >= 15 is 0 Å². The fourth-order valence-corrected chi connectivity index (χ4v) is 6.04. The Labute approximate surface area is 199 Å². The molecule has 0 fully saturated rings. The number of thioether (sulfide) groups is 1. The number of thiophene rings is 1. The number of hydrogen-bond donors (Lipinski definition) is 1. The predicted molar refractivity (Wildman–Crippen MR) is 132 cm³/mol. The number of nitro benzene ring substituents is 1. The molecular formula is C23H26N4O4S2. The van der Waals surface area contributed by atoms with Gasteiger partial charge in [0.15, 0.2) is 5.16 Å². The van der Waals surface area contributed by atoms with Crippen LogP contribution in [0.5, 0.6) is 0 Å². The Bertz CT molecular complexity index is 1250. The highest BCUT2D eigenvalue weighted by Gasteiger charge is 2.22. The van der Waals surface area contributed by atoms with E-state index in [4.69, 9.17) is 4.98 Å². The zero-order valence-electron chi connectivity index (χ0n) is 18.6. The Morgan fingerprint density at radius 2 is 2.00 bits per heavy atom. The van der Waals surface area contributed by atoms with E-state index in [-0.39, 0.29) is 22.9 Å². The van der Waals surface area contributed by atoms with Gasteiger partial charge in [-0.3, -0.25) is 24.3 Å². The normalized spacial score (nSPS) is 13.3. The molecule has 174 valence electrons. The molecular weight excluding hydrogens is 460 g/mol. The number of amides is 1. The molecule has 2 heterocycles. The topological polar surface area (TPSA) is 107 Å². The molecule has 0 saturated carbocycles. The monoisotopic (exact) mass is 486 g/mol. The van der Waals surface area contributed by atoms with Crippen molar-refractivity contribution < 1.29 is 9.72 Å². The number of non-ortho nitro benzene ring substituents is 1. The van der Waals surface area contributed by atoms with Crippen LogP contribution >= 0.6 is 23.1 Å². The van der Waals surface area contributed by atoms with Crippen molar-refractivity contribution in [1.29, 1.82) is 0 Å². The molecule has 0 aliphatic heterocycles. The average Bonchev–Trinajstić information content (AvgIpc) is 3.16. The lowest BCUT2D eigenvalue weighted by molar-refractivity contribution is -0.384. The van der Waals surface area contributed by atoms with Gasteiger partial charge in [0.25, 0.3) is 11.2 Å². The summed E-state index contributed by atoms with van der Waals surface area (Å²) >= 11 is 2.86. The third-order valence-corrected chi connectivity index (χ3v) is 7.83. The SMILES string of the molecule is CC(C)CCn1c(SCC(=O)Nc2ccc([N+](=O)[O-])cc2)nc2sc3c(c2c1=O)CCCC3. The maximum absolute atomic E-state index is 13.5. The maximum Gasteiger partial charge on any atom is 0.269 e. The molecule has 10 heteroatoms. The van der Waals surface area contributed by atoms with Crippen LogP contribution in [0.3, 0.4) is 0 Å². The Balaban J connectivity index is 1.56. The molecule has 0 saturated heterocycles. The molecule has 1 N–H and O–H groups in total. The lowest BCUT2D eigenvalue weighted by atomic mass is 9.97. The van der Waals surface area contributed by atoms with E-state index in [1.54, 1.807) is 15.9 Å². The van der Waals surface area contributed by atoms with Crippen LogP contribution in [-0.2, 0) is 24.2 Å². The first-order valence-corrected chi connectivity index (χ1v) is 12.9. The van der Waals surface area contributed by atoms with E-state index in [2.05, 4.69) is 19.2 Å². The highest BCUT2D eigenvalue weighted by Crippen LogP contribution is 2.34. The maximum atomic E-state index is 13.5. The molecule has 0 spiro atoms. The van der Waals surface area contributed by atoms with Crippen molar-refractivity contribution in [3.8, 4) is 0 Å². The van der Waals surface area contributed by atoms with Crippen molar-refractivity contribution in [2.45, 2.75) is 57.7 Å². The van der Waals surface area contributed by atoms with Crippen LogP contribution in [0, 0.1) is 16.0 Å². The summed E-state index contributed by atoms with van der Waals surface area (Å²) in [6.45, 7) is 4.80. The quantitative estimate of drug-likeness (QED) is 0.207. The first-order chi connectivity index (χ1) is 15.8. The number of fused-ring (bicyclic) bond motifs is 3. The molecule has 0 bridgehead atoms. The molecule has 0 atom stereocenters. The van der Waals surface area contributed by atoms with Crippen molar-refractivity contribution in [2.24, 2.45) is 5.92 Å². The van der Waals surface area contributed by atoms with Gasteiger partial charge in [0.1, 0.15) is 4.83 Å². The number of aryl methyl sites for hydroxylation is 2. The molecule has 2 aromatic heterocycles. The number of nitrogens with one attached hydrogen (secondary N) is 1. The lowest BCUT2D eigenvalue weighted by Crippen LogP contribution is -2.25. The minimum absolute atomic E-state index is 0.00155. The summed E-state index contributed by atoms with van der Waals surface area (Å²) in [4.78, 5) is 43.2. The number of benzene rings is 1. The highest BCUT2D eigenvalue weighted by molar-refractivity contribution is 7.99. The number of nitro groups is 1. The number of hydrogen-bond acceptors (Lipinski definition) is 7. The van der Waals surface area contributed by atoms with Gasteiger partial charge >= 0.3 is 0 Å². The summed E-state index contributed by atoms with van der Waals surface area (Å²) in [7, 11) is 0. The number of carbonyl (C=O) groups is 1. The van der Waals surface area contributed by atoms with Gasteiger partial charge in [0.2, 0.25) is 5.91 Å². The largest absolute Gasteiger partial charge is 0.325 e. The molecule has 1 amide bonds. The number of carbonyl (C=O) groups excluding carboxylic acids is 1. The minimum atomic E-state index is -0.484. The molecule has 1 aromatic carbocycles. The molecule has 1 aliphatic rings. The van der Waals surface area contributed by atoms with E-state index in [1.807, 2.05) is 0 Å². The zero-order chi connectivity index (χ0) is 23.5. The third-order valence-electron chi connectivity index (χ3n) is 5.66. The molecule has 8 nitrogen and oxygen atoms in total. The second-order valence-electron chi connectivity index (χ2n) is 8.57. The van der Waals surface area contributed by atoms with Crippen LogP contribution < -0.4 is 10.9 Å². The summed E-state index contributed by atoms with van der Waals surface area (Å²) in [6.07, 6.45) is 5.03. The highest BCUT2D eigenvalue weighted by atomic mass is 32.2. The number of aromatic nitrogens is 2. The predicted octanol–water partition coefficient (Wildman–Crippen LogP) is 5.02. The van der Waals surface area contributed by atoms with Gasteiger partial charge in [-0.05, 0) is 55.7 Å². The van der Waals surface area contributed by atoms with Crippen molar-refractivity contribution >= 4 is 50.6 Å². The summed E-state index contributed by atoms with van der Waals surface area (Å²) in [5.41, 5.74) is 1.62. The number of anilines is 1. The Hall–Kier alpha value is -2.72. The lowest BCUT2D eigenvalue weighted by Gasteiger charge is -2.14. The third kappa shape index (κ3) is 5.27. The van der Waals surface area contributed by atoms with Gasteiger partial charge < -0.3 is 5.32 Å². The van der Waals surface area contributed by atoms with Gasteiger partial charge in [-0.15, -0.1) is 11.3 Å². The van der Waals surface area contributed by atoms with E-state index < -0.39 is 4.92 Å². The van der Waals surface area contributed by atoms with E-state index in [0.717, 1.165) is 42.3 Å². The fourth-order valence-electron chi connectivity index (χ4n) is 3.91. The number of nitrogens with zero attached hydrogens (tertiary/aromatic N) is 3. The van der Waals surface area contributed by atoms with Crippen LogP contribution in [0.1, 0.15) is 43.6 Å². The fraction of sp³-hybridized carbons (Fsp3) is 0.435. The standard InChI is InChI=1S/C23H26N4O4S2/c1-14(2)11-12-26-22(29)20-17-5-3-4-6-18(17)33-21(20)25-23(26)32-13-19(28)24-15-7-9-16(10-8-15)27(30)31/h7-10,14H,3-6,11-13H2,1-2H3,(H,24,28). The van der Waals surface area contributed by atoms with Crippen LogP contribution in [-0.4, -0.2) is 26.1 Å². The van der Waals surface area contributed by atoms with Gasteiger partial charge in [0, 0.05) is 29.2 Å². The summed E-state index contributed by atoms with van der Waals surface area (Å²) in [5, 5.41) is 14.9. The van der Waals surface area contributed by atoms with E-state index in [0.29, 0.717) is 23.3 Å². The summed E-state index contributed by atoms with van der Waals surface area (Å²) < 4.78 is 1.73. The number of rotatable bonds is 8. The van der Waals surface area contributed by atoms with Crippen molar-refractivity contribution in [3.63, 3.8) is 0 Å². The van der Waals surface area contributed by atoms with E-state index in [9.17, 15) is 19.7 Å². The summed E-state index contributed by atoms with van der Waals surface area (Å²) in [5.74, 6) is 0.262. The molecule has 33 heavy (non-hydrogen) atoms. The van der Waals surface area contributed by atoms with Crippen LogP contribution in [0.4, 0.5) is 11.4 Å². The zero-order valence-corrected chi connectivity index (χ0v) is 20.3. The van der Waals surface area contributed by atoms with Crippen molar-refractivity contribution in [3.05, 3.63) is 55.2 Å². The molecule has 4 rings (SSSR count). The van der Waals surface area contributed by atoms with Crippen molar-refractivity contribution in [1.82, 2.24) is 9.55 Å². The molecule has 1 aliphatic carbocycles. The first kappa shape index (κ1) is 23.4. The second-order valence-corrected chi connectivity index (χ2v) is 10.6. The molecule has 3 aromatic rings.